The van der Waals surface area contributed by atoms with E-state index in [1.165, 1.54) is 0 Å². The van der Waals surface area contributed by atoms with Crippen molar-refractivity contribution in [3.8, 4) is 0 Å². The Morgan fingerprint density at radius 3 is 1.63 bits per heavy atom. The maximum atomic E-state index is 13.4. The number of benzene rings is 2. The van der Waals surface area contributed by atoms with Crippen molar-refractivity contribution in [2.45, 2.75) is 24.9 Å². The molecule has 2 fully saturated rings. The average molecular weight is 384 g/mol. The Balaban J connectivity index is 1.42. The smallest absolute Gasteiger partial charge is 0.400 e. The summed E-state index contributed by atoms with van der Waals surface area (Å²) in [7, 11) is -3.79. The van der Waals surface area contributed by atoms with E-state index in [1.807, 2.05) is 60.7 Å². The van der Waals surface area contributed by atoms with E-state index in [9.17, 15) is 9.46 Å². The fourth-order valence-electron chi connectivity index (χ4n) is 4.10. The molecule has 0 radical (unpaired) electrons. The van der Waals surface area contributed by atoms with Crippen LogP contribution in [-0.4, -0.2) is 39.5 Å². The van der Waals surface area contributed by atoms with Gasteiger partial charge in [-0.1, -0.05) is 60.7 Å². The van der Waals surface area contributed by atoms with Crippen LogP contribution in [0.1, 0.15) is 11.1 Å². The maximum Gasteiger partial charge on any atom is 0.400 e. The van der Waals surface area contributed by atoms with Crippen LogP contribution in [0, 0.1) is 0 Å². The van der Waals surface area contributed by atoms with Crippen molar-refractivity contribution in [3.63, 3.8) is 0 Å². The lowest BCUT2D eigenvalue weighted by Gasteiger charge is -2.30. The highest BCUT2D eigenvalue weighted by Gasteiger charge is 2.60. The van der Waals surface area contributed by atoms with E-state index in [0.717, 1.165) is 11.1 Å². The fourth-order valence-corrected chi connectivity index (χ4v) is 6.22. The third-order valence-corrected chi connectivity index (χ3v) is 7.44. The van der Waals surface area contributed by atoms with Gasteiger partial charge in [0.2, 0.25) is 0 Å². The Kier molecular flexibility index (Phi) is 3.92. The summed E-state index contributed by atoms with van der Waals surface area (Å²) in [5.74, 6) is 0.828. The quantitative estimate of drug-likeness (QED) is 0.818. The standard InChI is InChI=1S/C20H21N2O4P/c23-27(24)21-17(11-15-7-3-1-4-8-15)13-25-19(21)20-22(27)18(14-26-20)12-16-9-5-2-6-10-16/h1-10,17-18H,11-14H2,(H,23,24)/t17-,18-/m0/s1. The van der Waals surface area contributed by atoms with Gasteiger partial charge in [-0.05, 0) is 24.0 Å². The van der Waals surface area contributed by atoms with Crippen LogP contribution in [0.2, 0.25) is 0 Å². The summed E-state index contributed by atoms with van der Waals surface area (Å²) in [4.78, 5) is 11.0. The first-order chi connectivity index (χ1) is 13.1. The summed E-state index contributed by atoms with van der Waals surface area (Å²) in [6, 6.07) is 19.6. The summed E-state index contributed by atoms with van der Waals surface area (Å²) in [6.07, 6.45) is 1.30. The average Bonchev–Trinajstić information content (AvgIpc) is 3.33. The van der Waals surface area contributed by atoms with E-state index in [2.05, 4.69) is 0 Å². The monoisotopic (exact) mass is 384 g/mol. The number of hydrogen-bond donors (Lipinski definition) is 1. The van der Waals surface area contributed by atoms with E-state index >= 15 is 0 Å². The van der Waals surface area contributed by atoms with E-state index < -0.39 is 7.67 Å². The predicted molar refractivity (Wildman–Crippen MR) is 100 cm³/mol. The Labute approximate surface area is 158 Å². The van der Waals surface area contributed by atoms with Gasteiger partial charge >= 0.3 is 7.67 Å². The van der Waals surface area contributed by atoms with Gasteiger partial charge in [-0.15, -0.1) is 0 Å². The highest BCUT2D eigenvalue weighted by atomic mass is 31.2. The molecule has 7 heteroatoms. The van der Waals surface area contributed by atoms with Crippen LogP contribution in [0.25, 0.3) is 0 Å². The lowest BCUT2D eigenvalue weighted by Crippen LogP contribution is -2.34. The first-order valence-corrected chi connectivity index (χ1v) is 10.7. The second-order valence-corrected chi connectivity index (χ2v) is 9.01. The molecule has 2 saturated heterocycles. The Morgan fingerprint density at radius 1 is 0.815 bits per heavy atom. The van der Waals surface area contributed by atoms with Gasteiger partial charge in [0.05, 0.1) is 12.1 Å². The predicted octanol–water partition coefficient (Wildman–Crippen LogP) is 3.11. The van der Waals surface area contributed by atoms with Crippen LogP contribution in [-0.2, 0) is 26.9 Å². The van der Waals surface area contributed by atoms with Crippen molar-refractivity contribution in [1.82, 2.24) is 9.34 Å². The molecule has 0 bridgehead atoms. The van der Waals surface area contributed by atoms with Crippen LogP contribution in [0.15, 0.2) is 72.4 Å². The maximum absolute atomic E-state index is 13.4. The summed E-state index contributed by atoms with van der Waals surface area (Å²) < 4.78 is 28.2. The van der Waals surface area contributed by atoms with Crippen LogP contribution >= 0.6 is 7.67 Å². The van der Waals surface area contributed by atoms with Crippen LogP contribution in [0.5, 0.6) is 0 Å². The minimum atomic E-state index is -3.79. The molecule has 0 saturated carbocycles. The Bertz CT molecular complexity index is 847. The van der Waals surface area contributed by atoms with Crippen LogP contribution in [0.4, 0.5) is 0 Å². The molecule has 1 N–H and O–H groups in total. The number of rotatable bonds is 4. The van der Waals surface area contributed by atoms with Crippen LogP contribution in [0.3, 0.4) is 0 Å². The summed E-state index contributed by atoms with van der Waals surface area (Å²) in [6.45, 7) is 0.775. The van der Waals surface area contributed by atoms with Gasteiger partial charge in [-0.25, -0.2) is 13.9 Å². The third-order valence-electron chi connectivity index (χ3n) is 5.31. The molecule has 2 atom stereocenters. The van der Waals surface area contributed by atoms with Crippen molar-refractivity contribution in [3.05, 3.63) is 83.6 Å². The molecule has 27 heavy (non-hydrogen) atoms. The highest BCUT2D eigenvalue weighted by molar-refractivity contribution is 7.53. The SMILES string of the molecule is O=P1(O)N2C(=C3OC[C@H](Cc4ccccc4)N31)OC[C@@H]2Cc1ccccc1. The van der Waals surface area contributed by atoms with Gasteiger partial charge in [0.1, 0.15) is 13.2 Å². The van der Waals surface area contributed by atoms with E-state index in [1.54, 1.807) is 9.34 Å². The molecule has 3 heterocycles. The number of nitrogens with zero attached hydrogens (tertiary/aromatic N) is 2. The van der Waals surface area contributed by atoms with Gasteiger partial charge in [-0.2, -0.15) is 0 Å². The zero-order valence-corrected chi connectivity index (χ0v) is 15.7. The molecule has 0 amide bonds. The Morgan fingerprint density at radius 2 is 1.22 bits per heavy atom. The van der Waals surface area contributed by atoms with Gasteiger partial charge < -0.3 is 14.4 Å². The highest BCUT2D eigenvalue weighted by Crippen LogP contribution is 2.65. The van der Waals surface area contributed by atoms with Gasteiger partial charge in [0.15, 0.2) is 0 Å². The van der Waals surface area contributed by atoms with E-state index in [4.69, 9.17) is 9.47 Å². The molecule has 6 nitrogen and oxygen atoms in total. The van der Waals surface area contributed by atoms with Crippen molar-refractivity contribution < 1.29 is 18.9 Å². The molecule has 0 aliphatic carbocycles. The largest absolute Gasteiger partial charge is 0.473 e. The van der Waals surface area contributed by atoms with Gasteiger partial charge in [-0.3, -0.25) is 0 Å². The first-order valence-electron chi connectivity index (χ1n) is 9.14. The first kappa shape index (κ1) is 16.7. The zero-order chi connectivity index (χ0) is 18.4. The fraction of sp³-hybridized carbons (Fsp3) is 0.300. The topological polar surface area (TPSA) is 62.2 Å². The Hall–Kier alpha value is -2.43. The summed E-state index contributed by atoms with van der Waals surface area (Å²) in [5.41, 5.74) is 2.23. The number of ether oxygens (including phenoxy) is 2. The van der Waals surface area contributed by atoms with Gasteiger partial charge in [0, 0.05) is 0 Å². The van der Waals surface area contributed by atoms with Crippen molar-refractivity contribution in [2.24, 2.45) is 0 Å². The zero-order valence-electron chi connectivity index (χ0n) is 14.8. The second kappa shape index (κ2) is 6.32. The third kappa shape index (κ3) is 2.71. The molecule has 3 aliphatic heterocycles. The minimum absolute atomic E-state index is 0.183. The second-order valence-electron chi connectivity index (χ2n) is 7.12. The number of fused-ring (bicyclic) bond motifs is 2. The lowest BCUT2D eigenvalue weighted by atomic mass is 10.1. The van der Waals surface area contributed by atoms with E-state index in [0.29, 0.717) is 37.8 Å². The van der Waals surface area contributed by atoms with Crippen molar-refractivity contribution in [1.29, 1.82) is 0 Å². The molecular weight excluding hydrogens is 363 g/mol. The molecule has 3 aliphatic rings. The molecule has 0 unspecified atom stereocenters. The summed E-state index contributed by atoms with van der Waals surface area (Å²) in [5, 5.41) is 0. The summed E-state index contributed by atoms with van der Waals surface area (Å²) >= 11 is 0. The minimum Gasteiger partial charge on any atom is -0.473 e. The molecule has 0 spiro atoms. The molecule has 140 valence electrons. The molecule has 2 aromatic rings. The van der Waals surface area contributed by atoms with Crippen molar-refractivity contribution >= 4 is 7.67 Å². The van der Waals surface area contributed by atoms with Gasteiger partial charge in [0.25, 0.3) is 11.8 Å². The van der Waals surface area contributed by atoms with Crippen LogP contribution < -0.4 is 0 Å². The lowest BCUT2D eigenvalue weighted by molar-refractivity contribution is 0.189. The molecule has 2 aromatic carbocycles. The van der Waals surface area contributed by atoms with E-state index in [-0.39, 0.29) is 12.1 Å². The normalized spacial score (nSPS) is 25.2. The molecule has 5 rings (SSSR count). The molecule has 0 aromatic heterocycles. The van der Waals surface area contributed by atoms with Crippen molar-refractivity contribution in [2.75, 3.05) is 13.2 Å². The molecular formula is C20H21N2O4P. The number of hydrogen-bond acceptors (Lipinski definition) is 3.